The van der Waals surface area contributed by atoms with Crippen molar-refractivity contribution in [3.05, 3.63) is 96.9 Å². The highest BCUT2D eigenvalue weighted by Gasteiger charge is 2.23. The number of aryl methyl sites for hydroxylation is 2. The van der Waals surface area contributed by atoms with Gasteiger partial charge in [0.1, 0.15) is 29.7 Å². The van der Waals surface area contributed by atoms with Crippen LogP contribution in [0.2, 0.25) is 10.0 Å². The van der Waals surface area contributed by atoms with Crippen molar-refractivity contribution in [2.24, 2.45) is 0 Å². The van der Waals surface area contributed by atoms with Crippen molar-refractivity contribution in [2.45, 2.75) is 46.8 Å². The molecule has 0 bridgehead atoms. The quantitative estimate of drug-likeness (QED) is 0.310. The van der Waals surface area contributed by atoms with Crippen molar-refractivity contribution < 1.29 is 18.6 Å². The number of halogens is 4. The van der Waals surface area contributed by atoms with E-state index in [-0.39, 0.29) is 45.3 Å². The van der Waals surface area contributed by atoms with Gasteiger partial charge in [0.25, 0.3) is 5.56 Å². The maximum atomic E-state index is 14.4. The second kappa shape index (κ2) is 10.4. The summed E-state index contributed by atoms with van der Waals surface area (Å²) in [5.74, 6) is -1.17. The van der Waals surface area contributed by atoms with Crippen LogP contribution in [0.25, 0.3) is 16.9 Å². The van der Waals surface area contributed by atoms with E-state index in [1.165, 1.54) is 17.6 Å². The maximum Gasteiger partial charge on any atom is 0.280 e. The molecule has 0 aliphatic carbocycles. The number of aliphatic hydroxyl groups is 1. The van der Waals surface area contributed by atoms with E-state index < -0.39 is 22.8 Å². The molecule has 0 atom stereocenters. The van der Waals surface area contributed by atoms with E-state index in [1.807, 2.05) is 6.92 Å². The number of hydrogen-bond donors (Lipinski definition) is 1. The molecular formula is C27H24Cl2F2N4O3. The summed E-state index contributed by atoms with van der Waals surface area (Å²) in [7, 11) is 0. The van der Waals surface area contributed by atoms with Crippen molar-refractivity contribution in [1.82, 2.24) is 19.5 Å². The average Bonchev–Trinajstić information content (AvgIpc) is 2.85. The second-order valence-electron chi connectivity index (χ2n) is 9.30. The third-order valence-corrected chi connectivity index (χ3v) is 6.55. The summed E-state index contributed by atoms with van der Waals surface area (Å²) in [6.45, 7) is 7.57. The molecule has 2 aromatic heterocycles. The standard InChI is InChI=1S/C27H24Cl2F2N4O3/c1-13-11-32-26(27(4,5)37)34-23(13)16-6-8-18(28)20(10-16)35-15(3)33-24(21(29)25(35)36)38-12-17-7-9-19(30)14(2)22(17)31/h6-11,37H,12H2,1-5H3. The molecule has 0 spiro atoms. The Kier molecular flexibility index (Phi) is 7.56. The van der Waals surface area contributed by atoms with Gasteiger partial charge in [-0.05, 0) is 64.4 Å². The molecular weight excluding hydrogens is 537 g/mol. The van der Waals surface area contributed by atoms with Gasteiger partial charge in [-0.1, -0.05) is 29.3 Å². The first-order chi connectivity index (χ1) is 17.8. The molecule has 7 nitrogen and oxygen atoms in total. The Morgan fingerprint density at radius 2 is 1.79 bits per heavy atom. The van der Waals surface area contributed by atoms with E-state index in [1.54, 1.807) is 45.2 Å². The summed E-state index contributed by atoms with van der Waals surface area (Å²) in [6, 6.07) is 7.40. The van der Waals surface area contributed by atoms with E-state index in [9.17, 15) is 18.7 Å². The Bertz CT molecular complexity index is 1620. The highest BCUT2D eigenvalue weighted by Crippen LogP contribution is 2.31. The van der Waals surface area contributed by atoms with Crippen LogP contribution in [0.15, 0.2) is 41.3 Å². The first-order valence-electron chi connectivity index (χ1n) is 11.5. The molecule has 38 heavy (non-hydrogen) atoms. The lowest BCUT2D eigenvalue weighted by Gasteiger charge is -2.18. The van der Waals surface area contributed by atoms with E-state index in [2.05, 4.69) is 15.0 Å². The largest absolute Gasteiger partial charge is 0.471 e. The Morgan fingerprint density at radius 1 is 1.08 bits per heavy atom. The van der Waals surface area contributed by atoms with Crippen molar-refractivity contribution >= 4 is 23.2 Å². The van der Waals surface area contributed by atoms with E-state index in [0.29, 0.717) is 16.9 Å². The fraction of sp³-hybridized carbons (Fsp3) is 0.259. The lowest BCUT2D eigenvalue weighted by Crippen LogP contribution is -2.24. The highest BCUT2D eigenvalue weighted by molar-refractivity contribution is 6.33. The number of benzene rings is 2. The van der Waals surface area contributed by atoms with Crippen LogP contribution < -0.4 is 10.3 Å². The minimum Gasteiger partial charge on any atom is -0.471 e. The third kappa shape index (κ3) is 5.27. The van der Waals surface area contributed by atoms with Gasteiger partial charge in [0, 0.05) is 22.9 Å². The molecule has 0 saturated heterocycles. The number of nitrogens with zero attached hydrogens (tertiary/aromatic N) is 4. The monoisotopic (exact) mass is 560 g/mol. The molecule has 0 amide bonds. The molecule has 0 unspecified atom stereocenters. The zero-order valence-corrected chi connectivity index (χ0v) is 22.7. The van der Waals surface area contributed by atoms with Crippen LogP contribution in [0, 0.1) is 32.4 Å². The second-order valence-corrected chi connectivity index (χ2v) is 10.1. The fourth-order valence-electron chi connectivity index (χ4n) is 3.80. The molecule has 4 rings (SSSR count). The van der Waals surface area contributed by atoms with Crippen LogP contribution in [0.5, 0.6) is 5.88 Å². The summed E-state index contributed by atoms with van der Waals surface area (Å²) in [6.07, 6.45) is 1.61. The first kappa shape index (κ1) is 27.6. The molecule has 0 fully saturated rings. The van der Waals surface area contributed by atoms with Gasteiger partial charge in [0.05, 0.1) is 16.4 Å². The van der Waals surface area contributed by atoms with Crippen LogP contribution in [0.4, 0.5) is 8.78 Å². The van der Waals surface area contributed by atoms with Gasteiger partial charge in [0.2, 0.25) is 5.88 Å². The van der Waals surface area contributed by atoms with Gasteiger partial charge < -0.3 is 9.84 Å². The van der Waals surface area contributed by atoms with E-state index in [0.717, 1.165) is 11.6 Å². The number of aromatic nitrogens is 4. The van der Waals surface area contributed by atoms with Gasteiger partial charge in [-0.25, -0.2) is 18.7 Å². The molecule has 11 heteroatoms. The van der Waals surface area contributed by atoms with Crippen LogP contribution in [0.3, 0.4) is 0 Å². The Morgan fingerprint density at radius 3 is 2.47 bits per heavy atom. The lowest BCUT2D eigenvalue weighted by molar-refractivity contribution is 0.0688. The normalized spacial score (nSPS) is 11.6. The molecule has 0 radical (unpaired) electrons. The SMILES string of the molecule is Cc1cnc(C(C)(C)O)nc1-c1ccc(Cl)c(-n2c(C)nc(OCc3ccc(F)c(C)c3F)c(Cl)c2=O)c1. The first-order valence-corrected chi connectivity index (χ1v) is 12.3. The molecule has 0 saturated carbocycles. The Hall–Kier alpha value is -3.40. The minimum absolute atomic E-state index is 0.0880. The smallest absolute Gasteiger partial charge is 0.280 e. The average molecular weight is 561 g/mol. The van der Waals surface area contributed by atoms with Gasteiger partial charge >= 0.3 is 0 Å². The van der Waals surface area contributed by atoms with Crippen LogP contribution >= 0.6 is 23.2 Å². The molecule has 1 N–H and O–H groups in total. The lowest BCUT2D eigenvalue weighted by atomic mass is 10.0. The molecule has 4 aromatic rings. The summed E-state index contributed by atoms with van der Waals surface area (Å²) in [5.41, 5.74) is 0.268. The molecule has 0 aliphatic heterocycles. The molecule has 2 aromatic carbocycles. The molecule has 2 heterocycles. The Labute approximate surface area is 227 Å². The van der Waals surface area contributed by atoms with Gasteiger partial charge in [-0.15, -0.1) is 0 Å². The number of rotatable bonds is 6. The van der Waals surface area contributed by atoms with Crippen molar-refractivity contribution in [2.75, 3.05) is 0 Å². The Balaban J connectivity index is 1.75. The topological polar surface area (TPSA) is 90.1 Å². The number of hydrogen-bond acceptors (Lipinski definition) is 6. The van der Waals surface area contributed by atoms with Crippen molar-refractivity contribution in [3.8, 4) is 22.8 Å². The highest BCUT2D eigenvalue weighted by atomic mass is 35.5. The van der Waals surface area contributed by atoms with Crippen molar-refractivity contribution in [1.29, 1.82) is 0 Å². The van der Waals surface area contributed by atoms with E-state index in [4.69, 9.17) is 27.9 Å². The molecule has 0 aliphatic rings. The molecule has 198 valence electrons. The van der Waals surface area contributed by atoms with Gasteiger partial charge in [-0.2, -0.15) is 4.98 Å². The van der Waals surface area contributed by atoms with Crippen molar-refractivity contribution in [3.63, 3.8) is 0 Å². The third-order valence-electron chi connectivity index (χ3n) is 5.91. The zero-order valence-electron chi connectivity index (χ0n) is 21.2. The minimum atomic E-state index is -1.26. The summed E-state index contributed by atoms with van der Waals surface area (Å²) < 4.78 is 34.7. The van der Waals surface area contributed by atoms with E-state index >= 15 is 0 Å². The predicted molar refractivity (Wildman–Crippen MR) is 141 cm³/mol. The summed E-state index contributed by atoms with van der Waals surface area (Å²) in [4.78, 5) is 26.3. The van der Waals surface area contributed by atoms with Crippen LogP contribution in [0.1, 0.15) is 42.2 Å². The number of ether oxygens (including phenoxy) is 1. The summed E-state index contributed by atoms with van der Waals surface area (Å²) >= 11 is 12.8. The van der Waals surface area contributed by atoms with Gasteiger partial charge in [0.15, 0.2) is 10.8 Å². The zero-order chi connectivity index (χ0) is 27.9. The predicted octanol–water partition coefficient (Wildman–Crippen LogP) is 6.01. The maximum absolute atomic E-state index is 14.4. The summed E-state index contributed by atoms with van der Waals surface area (Å²) in [5, 5.41) is 10.3. The van der Waals surface area contributed by atoms with Crippen LogP contribution in [-0.4, -0.2) is 24.6 Å². The van der Waals surface area contributed by atoms with Gasteiger partial charge in [-0.3, -0.25) is 9.36 Å². The van der Waals surface area contributed by atoms with Crippen LogP contribution in [-0.2, 0) is 12.2 Å². The fourth-order valence-corrected chi connectivity index (χ4v) is 4.18.